The van der Waals surface area contributed by atoms with Gasteiger partial charge in [0.1, 0.15) is 5.75 Å². The van der Waals surface area contributed by atoms with Gasteiger partial charge in [-0.1, -0.05) is 42.5 Å². The number of nitrogens with zero attached hydrogens (tertiary/aromatic N) is 3. The standard InChI is InChI=1S/C26H23N5O2S/c27-13-16-5-1-2-6-19(16)24-9-10-25(34-24)26(33)31-22(20-7-3-4-8-23(20)32)12-21(30-31)17-11-18(28)15-29-14-17/h1-11,14-15,22,32H,12-13,27-28H2. The number of rotatable bonds is 5. The van der Waals surface area contributed by atoms with Crippen LogP contribution in [0.2, 0.25) is 0 Å². The minimum Gasteiger partial charge on any atom is -0.508 e. The third-order valence-corrected chi connectivity index (χ3v) is 6.93. The van der Waals surface area contributed by atoms with Crippen LogP contribution in [0.3, 0.4) is 0 Å². The van der Waals surface area contributed by atoms with E-state index in [9.17, 15) is 9.90 Å². The van der Waals surface area contributed by atoms with Crippen LogP contribution in [0, 0.1) is 0 Å². The van der Waals surface area contributed by atoms with E-state index in [-0.39, 0.29) is 11.7 Å². The van der Waals surface area contributed by atoms with Gasteiger partial charge in [-0.15, -0.1) is 11.3 Å². The number of hydrogen-bond donors (Lipinski definition) is 3. The SMILES string of the molecule is NCc1ccccc1-c1ccc(C(=O)N2N=C(c3cncc(N)c3)CC2c2ccccc2O)s1. The summed E-state index contributed by atoms with van der Waals surface area (Å²) in [7, 11) is 0. The van der Waals surface area contributed by atoms with Gasteiger partial charge in [-0.25, -0.2) is 5.01 Å². The number of phenols is 1. The van der Waals surface area contributed by atoms with Gasteiger partial charge in [0.2, 0.25) is 0 Å². The molecule has 1 atom stereocenters. The predicted octanol–water partition coefficient (Wildman–Crippen LogP) is 4.55. The molecule has 2 aromatic carbocycles. The number of nitrogen functional groups attached to an aromatic ring is 1. The van der Waals surface area contributed by atoms with E-state index in [1.54, 1.807) is 30.6 Å². The van der Waals surface area contributed by atoms with Crippen molar-refractivity contribution < 1.29 is 9.90 Å². The number of hydrogen-bond acceptors (Lipinski definition) is 7. The Hall–Kier alpha value is -4.01. The Bertz CT molecular complexity index is 1400. The van der Waals surface area contributed by atoms with Crippen LogP contribution in [0.1, 0.15) is 38.8 Å². The molecule has 170 valence electrons. The molecule has 8 heteroatoms. The molecule has 5 N–H and O–H groups in total. The van der Waals surface area contributed by atoms with Crippen LogP contribution < -0.4 is 11.5 Å². The highest BCUT2D eigenvalue weighted by Gasteiger charge is 2.35. The van der Waals surface area contributed by atoms with Crippen molar-refractivity contribution in [1.29, 1.82) is 0 Å². The second-order valence-corrected chi connectivity index (χ2v) is 9.09. The van der Waals surface area contributed by atoms with E-state index >= 15 is 0 Å². The van der Waals surface area contributed by atoms with Gasteiger partial charge in [-0.05, 0) is 35.4 Å². The van der Waals surface area contributed by atoms with E-state index in [2.05, 4.69) is 10.1 Å². The summed E-state index contributed by atoms with van der Waals surface area (Å²) >= 11 is 1.40. The molecule has 0 spiro atoms. The van der Waals surface area contributed by atoms with Crippen LogP contribution in [0.4, 0.5) is 5.69 Å². The number of carbonyl (C=O) groups excluding carboxylic acids is 1. The van der Waals surface area contributed by atoms with E-state index in [0.717, 1.165) is 21.6 Å². The minimum absolute atomic E-state index is 0.121. The van der Waals surface area contributed by atoms with Crippen molar-refractivity contribution in [3.8, 4) is 16.2 Å². The van der Waals surface area contributed by atoms with E-state index in [1.165, 1.54) is 16.3 Å². The van der Waals surface area contributed by atoms with Crippen molar-refractivity contribution in [3.63, 3.8) is 0 Å². The first kappa shape index (κ1) is 21.8. The number of thiophene rings is 1. The number of carbonyl (C=O) groups is 1. The maximum Gasteiger partial charge on any atom is 0.284 e. The molecule has 0 radical (unpaired) electrons. The van der Waals surface area contributed by atoms with Crippen LogP contribution in [0.5, 0.6) is 5.75 Å². The molecule has 3 heterocycles. The average Bonchev–Trinajstić information content (AvgIpc) is 3.52. The summed E-state index contributed by atoms with van der Waals surface area (Å²) in [5.41, 5.74) is 16.5. The number of amides is 1. The molecule has 4 aromatic rings. The van der Waals surface area contributed by atoms with Crippen LogP contribution >= 0.6 is 11.3 Å². The van der Waals surface area contributed by atoms with E-state index in [1.807, 2.05) is 48.5 Å². The molecule has 1 unspecified atom stereocenters. The highest BCUT2D eigenvalue weighted by atomic mass is 32.1. The Balaban J connectivity index is 1.53. The molecule has 5 rings (SSSR count). The maximum absolute atomic E-state index is 13.7. The third-order valence-electron chi connectivity index (χ3n) is 5.83. The molecule has 1 aliphatic heterocycles. The molecule has 0 fully saturated rings. The van der Waals surface area contributed by atoms with Gasteiger partial charge in [0.15, 0.2) is 0 Å². The van der Waals surface area contributed by atoms with Gasteiger partial charge in [0, 0.05) is 41.4 Å². The van der Waals surface area contributed by atoms with Crippen molar-refractivity contribution in [1.82, 2.24) is 9.99 Å². The average molecular weight is 470 g/mol. The van der Waals surface area contributed by atoms with Gasteiger partial charge in [-0.2, -0.15) is 5.10 Å². The van der Waals surface area contributed by atoms with E-state index in [0.29, 0.717) is 34.8 Å². The lowest BCUT2D eigenvalue weighted by atomic mass is 9.98. The van der Waals surface area contributed by atoms with Gasteiger partial charge >= 0.3 is 0 Å². The van der Waals surface area contributed by atoms with Crippen LogP contribution in [0.25, 0.3) is 10.4 Å². The van der Waals surface area contributed by atoms with Crippen molar-refractivity contribution in [2.75, 3.05) is 5.73 Å². The minimum atomic E-state index is -0.452. The van der Waals surface area contributed by atoms with Crippen LogP contribution in [-0.2, 0) is 6.54 Å². The third kappa shape index (κ3) is 4.05. The zero-order valence-electron chi connectivity index (χ0n) is 18.3. The van der Waals surface area contributed by atoms with Crippen molar-refractivity contribution >= 4 is 28.6 Å². The molecule has 0 bridgehead atoms. The summed E-state index contributed by atoms with van der Waals surface area (Å²) < 4.78 is 0. The lowest BCUT2D eigenvalue weighted by Gasteiger charge is -2.22. The summed E-state index contributed by atoms with van der Waals surface area (Å²) in [6.45, 7) is 0.417. The number of hydrazone groups is 1. The van der Waals surface area contributed by atoms with Crippen molar-refractivity contribution in [2.24, 2.45) is 10.8 Å². The number of para-hydroxylation sites is 1. The quantitative estimate of drug-likeness (QED) is 0.396. The summed E-state index contributed by atoms with van der Waals surface area (Å²) in [6, 6.07) is 20.0. The highest BCUT2D eigenvalue weighted by molar-refractivity contribution is 7.17. The monoisotopic (exact) mass is 469 g/mol. The highest BCUT2D eigenvalue weighted by Crippen LogP contribution is 2.39. The van der Waals surface area contributed by atoms with Gasteiger partial charge < -0.3 is 16.6 Å². The smallest absolute Gasteiger partial charge is 0.284 e. The van der Waals surface area contributed by atoms with E-state index < -0.39 is 6.04 Å². The zero-order valence-corrected chi connectivity index (χ0v) is 19.1. The summed E-state index contributed by atoms with van der Waals surface area (Å²) in [4.78, 5) is 19.3. The molecule has 1 aliphatic rings. The Morgan fingerprint density at radius 1 is 1.09 bits per heavy atom. The molecule has 7 nitrogen and oxygen atoms in total. The second kappa shape index (κ2) is 9.09. The molecular formula is C26H23N5O2S. The normalized spacial score (nSPS) is 15.4. The van der Waals surface area contributed by atoms with Crippen LogP contribution in [0.15, 0.2) is 84.2 Å². The van der Waals surface area contributed by atoms with Gasteiger partial charge in [0.25, 0.3) is 5.91 Å². The number of benzene rings is 2. The van der Waals surface area contributed by atoms with Gasteiger partial charge in [-0.3, -0.25) is 9.78 Å². The molecule has 0 aliphatic carbocycles. The Morgan fingerprint density at radius 2 is 1.88 bits per heavy atom. The molecule has 1 amide bonds. The Kier molecular flexibility index (Phi) is 5.83. The van der Waals surface area contributed by atoms with Crippen molar-refractivity contribution in [2.45, 2.75) is 19.0 Å². The Labute approximate surface area is 201 Å². The second-order valence-electron chi connectivity index (χ2n) is 8.01. The number of aromatic nitrogens is 1. The lowest BCUT2D eigenvalue weighted by Crippen LogP contribution is -2.26. The first-order valence-electron chi connectivity index (χ1n) is 10.8. The molecule has 0 saturated carbocycles. The topological polar surface area (TPSA) is 118 Å². The van der Waals surface area contributed by atoms with Crippen LogP contribution in [-0.4, -0.2) is 26.7 Å². The fourth-order valence-electron chi connectivity index (χ4n) is 4.15. The fraction of sp³-hybridized carbons (Fsp3) is 0.115. The summed E-state index contributed by atoms with van der Waals surface area (Å²) in [6.07, 6.45) is 3.68. The first-order valence-corrected chi connectivity index (χ1v) is 11.6. The van der Waals surface area contributed by atoms with Crippen molar-refractivity contribution in [3.05, 3.63) is 101 Å². The molecule has 34 heavy (non-hydrogen) atoms. The molecule has 2 aromatic heterocycles. The first-order chi connectivity index (χ1) is 16.5. The number of phenolic OH excluding ortho intramolecular Hbond substituents is 1. The maximum atomic E-state index is 13.7. The zero-order chi connectivity index (χ0) is 23.7. The number of aromatic hydroxyl groups is 1. The molecule has 0 saturated heterocycles. The number of pyridine rings is 1. The fourth-order valence-corrected chi connectivity index (χ4v) is 5.15. The molecular weight excluding hydrogens is 446 g/mol. The number of anilines is 1. The van der Waals surface area contributed by atoms with Gasteiger partial charge in [0.05, 0.1) is 22.3 Å². The Morgan fingerprint density at radius 3 is 2.68 bits per heavy atom. The number of nitrogens with two attached hydrogens (primary N) is 2. The predicted molar refractivity (Wildman–Crippen MR) is 134 cm³/mol. The van der Waals surface area contributed by atoms with E-state index in [4.69, 9.17) is 11.5 Å². The largest absolute Gasteiger partial charge is 0.508 e. The lowest BCUT2D eigenvalue weighted by molar-refractivity contribution is 0.0714. The summed E-state index contributed by atoms with van der Waals surface area (Å²) in [5, 5.41) is 16.6. The summed E-state index contributed by atoms with van der Waals surface area (Å²) in [5.74, 6) is -0.113.